The van der Waals surface area contributed by atoms with Gasteiger partial charge in [-0.25, -0.2) is 14.5 Å². The topological polar surface area (TPSA) is 114 Å². The number of nitrogen functional groups attached to an aromatic ring is 1. The van der Waals surface area contributed by atoms with Gasteiger partial charge in [0.2, 0.25) is 0 Å². The molecule has 0 radical (unpaired) electrons. The summed E-state index contributed by atoms with van der Waals surface area (Å²) in [7, 11) is 1.65. The smallest absolute Gasteiger partial charge is 0.196 e. The van der Waals surface area contributed by atoms with Crippen molar-refractivity contribution in [1.82, 2.24) is 19.6 Å². The Bertz CT molecular complexity index is 901. The van der Waals surface area contributed by atoms with Crippen molar-refractivity contribution in [1.29, 1.82) is 0 Å². The molecule has 2 aromatic heterocycles. The van der Waals surface area contributed by atoms with Crippen LogP contribution in [0, 0.1) is 0 Å². The highest BCUT2D eigenvalue weighted by molar-refractivity contribution is 6.31. The average molecular weight is 391 g/mol. The Morgan fingerprint density at radius 3 is 2.96 bits per heavy atom. The maximum absolute atomic E-state index is 6.43. The van der Waals surface area contributed by atoms with E-state index in [-0.39, 0.29) is 6.04 Å². The third-order valence-electron chi connectivity index (χ3n) is 4.19. The van der Waals surface area contributed by atoms with Gasteiger partial charge in [-0.3, -0.25) is 0 Å². The van der Waals surface area contributed by atoms with Crippen LogP contribution < -0.4 is 16.2 Å². The zero-order valence-electron chi connectivity index (χ0n) is 15.1. The van der Waals surface area contributed by atoms with Gasteiger partial charge in [0.1, 0.15) is 12.1 Å². The molecule has 0 fully saturated rings. The van der Waals surface area contributed by atoms with Crippen LogP contribution in [0.4, 0.5) is 5.82 Å². The predicted octanol–water partition coefficient (Wildman–Crippen LogP) is 2.08. The predicted molar refractivity (Wildman–Crippen MR) is 104 cm³/mol. The first-order chi connectivity index (χ1) is 13.1. The molecule has 0 bridgehead atoms. The molecule has 0 aliphatic carbocycles. The summed E-state index contributed by atoms with van der Waals surface area (Å²) < 4.78 is 12.7. The molecule has 0 saturated carbocycles. The Hall–Kier alpha value is -2.42. The second-order valence-corrected chi connectivity index (χ2v) is 6.64. The van der Waals surface area contributed by atoms with E-state index < -0.39 is 0 Å². The number of ether oxygens (including phenoxy) is 2. The minimum absolute atomic E-state index is 0.0146. The first kappa shape index (κ1) is 19.3. The summed E-state index contributed by atoms with van der Waals surface area (Å²) in [6.45, 7) is 1.09. The van der Waals surface area contributed by atoms with E-state index in [4.69, 9.17) is 32.5 Å². The van der Waals surface area contributed by atoms with Gasteiger partial charge in [0.25, 0.3) is 0 Å². The third-order valence-corrected chi connectivity index (χ3v) is 4.55. The zero-order valence-corrected chi connectivity index (χ0v) is 15.9. The standard InChI is InChI=1S/C18H23ClN6O2/c1-26-10-12(20)4-3-7-27-16-6-2-5-15(19)14(16)8-13-9-22-18-17(21)23-11-24-25(13)18/h2,5-6,9,11-12H,3-4,7-8,10,20H2,1H3,(H2,21,23,24)/t12-/m1/s1. The molecule has 0 spiro atoms. The van der Waals surface area contributed by atoms with Crippen LogP contribution in [0.15, 0.2) is 30.7 Å². The van der Waals surface area contributed by atoms with E-state index in [1.807, 2.05) is 18.2 Å². The van der Waals surface area contributed by atoms with Gasteiger partial charge >= 0.3 is 0 Å². The van der Waals surface area contributed by atoms with Crippen LogP contribution in [0.5, 0.6) is 5.75 Å². The lowest BCUT2D eigenvalue weighted by Crippen LogP contribution is -2.25. The van der Waals surface area contributed by atoms with Crippen molar-refractivity contribution in [3.8, 4) is 5.75 Å². The highest BCUT2D eigenvalue weighted by Gasteiger charge is 2.14. The minimum Gasteiger partial charge on any atom is -0.493 e. The van der Waals surface area contributed by atoms with Crippen LogP contribution in [0.2, 0.25) is 5.02 Å². The Kier molecular flexibility index (Phi) is 6.44. The summed E-state index contributed by atoms with van der Waals surface area (Å²) in [4.78, 5) is 8.24. The molecule has 8 nitrogen and oxygen atoms in total. The molecule has 1 aromatic carbocycles. The molecule has 4 N–H and O–H groups in total. The number of fused-ring (bicyclic) bond motifs is 1. The van der Waals surface area contributed by atoms with E-state index in [1.54, 1.807) is 17.8 Å². The normalized spacial score (nSPS) is 12.4. The van der Waals surface area contributed by atoms with E-state index >= 15 is 0 Å². The number of nitrogens with zero attached hydrogens (tertiary/aromatic N) is 4. The lowest BCUT2D eigenvalue weighted by molar-refractivity contribution is 0.172. The van der Waals surface area contributed by atoms with Crippen LogP contribution in [-0.4, -0.2) is 45.9 Å². The number of benzene rings is 1. The third kappa shape index (κ3) is 4.65. The van der Waals surface area contributed by atoms with Crippen molar-refractivity contribution in [2.75, 3.05) is 26.1 Å². The maximum Gasteiger partial charge on any atom is 0.196 e. The van der Waals surface area contributed by atoms with Crippen LogP contribution in [0.3, 0.4) is 0 Å². The molecule has 27 heavy (non-hydrogen) atoms. The molecule has 0 aliphatic heterocycles. The fourth-order valence-corrected chi connectivity index (χ4v) is 3.09. The number of halogens is 1. The molecule has 144 valence electrons. The number of hydrogen-bond acceptors (Lipinski definition) is 7. The number of nitrogens with two attached hydrogens (primary N) is 2. The fraction of sp³-hybridized carbons (Fsp3) is 0.389. The lowest BCUT2D eigenvalue weighted by Gasteiger charge is -2.14. The summed E-state index contributed by atoms with van der Waals surface area (Å²) in [5.41, 5.74) is 14.0. The number of hydrogen-bond donors (Lipinski definition) is 2. The number of anilines is 1. The number of imidazole rings is 1. The summed E-state index contributed by atoms with van der Waals surface area (Å²) in [6, 6.07) is 5.63. The van der Waals surface area contributed by atoms with Crippen LogP contribution in [0.1, 0.15) is 24.1 Å². The molecule has 0 unspecified atom stereocenters. The molecule has 0 saturated heterocycles. The zero-order chi connectivity index (χ0) is 19.2. The Morgan fingerprint density at radius 1 is 1.30 bits per heavy atom. The molecule has 3 rings (SSSR count). The van der Waals surface area contributed by atoms with Crippen molar-refractivity contribution >= 4 is 23.1 Å². The number of aromatic nitrogens is 4. The monoisotopic (exact) mass is 390 g/mol. The van der Waals surface area contributed by atoms with Crippen LogP contribution >= 0.6 is 11.6 Å². The van der Waals surface area contributed by atoms with Crippen molar-refractivity contribution in [3.63, 3.8) is 0 Å². The van der Waals surface area contributed by atoms with E-state index in [0.29, 0.717) is 36.1 Å². The maximum atomic E-state index is 6.43. The van der Waals surface area contributed by atoms with Crippen molar-refractivity contribution < 1.29 is 9.47 Å². The molecule has 0 aliphatic rings. The molecular formula is C18H23ClN6O2. The molecular weight excluding hydrogens is 368 g/mol. The quantitative estimate of drug-likeness (QED) is 0.537. The van der Waals surface area contributed by atoms with Gasteiger partial charge < -0.3 is 20.9 Å². The van der Waals surface area contributed by atoms with E-state index in [9.17, 15) is 0 Å². The lowest BCUT2D eigenvalue weighted by atomic mass is 10.1. The van der Waals surface area contributed by atoms with E-state index in [1.165, 1.54) is 6.33 Å². The Morgan fingerprint density at radius 2 is 2.15 bits per heavy atom. The highest BCUT2D eigenvalue weighted by Crippen LogP contribution is 2.29. The van der Waals surface area contributed by atoms with Crippen molar-refractivity contribution in [3.05, 3.63) is 47.0 Å². The number of rotatable bonds is 9. The second kappa shape index (κ2) is 8.98. The minimum atomic E-state index is 0.0146. The van der Waals surface area contributed by atoms with Gasteiger partial charge in [-0.05, 0) is 25.0 Å². The molecule has 3 aromatic rings. The largest absolute Gasteiger partial charge is 0.493 e. The Balaban J connectivity index is 1.72. The van der Waals surface area contributed by atoms with Crippen LogP contribution in [0.25, 0.3) is 5.65 Å². The number of methoxy groups -OCH3 is 1. The van der Waals surface area contributed by atoms with Crippen molar-refractivity contribution in [2.24, 2.45) is 5.73 Å². The summed E-state index contributed by atoms with van der Waals surface area (Å²) in [6.07, 6.45) is 5.29. The van der Waals surface area contributed by atoms with Gasteiger partial charge in [0.05, 0.1) is 25.1 Å². The molecule has 1 atom stereocenters. The SMILES string of the molecule is COC[C@H](N)CCCOc1cccc(Cl)c1Cc1cnc2c(N)ncnn12. The van der Waals surface area contributed by atoms with E-state index in [2.05, 4.69) is 15.1 Å². The summed E-state index contributed by atoms with van der Waals surface area (Å²) in [5, 5.41) is 4.85. The fourth-order valence-electron chi connectivity index (χ4n) is 2.85. The summed E-state index contributed by atoms with van der Waals surface area (Å²) in [5.74, 6) is 1.07. The molecule has 9 heteroatoms. The first-order valence-electron chi connectivity index (χ1n) is 8.68. The van der Waals surface area contributed by atoms with Gasteiger partial charge in [0, 0.05) is 30.2 Å². The van der Waals surface area contributed by atoms with Gasteiger partial charge in [-0.1, -0.05) is 17.7 Å². The van der Waals surface area contributed by atoms with Gasteiger partial charge in [-0.2, -0.15) is 5.10 Å². The van der Waals surface area contributed by atoms with Gasteiger partial charge in [0.15, 0.2) is 11.5 Å². The van der Waals surface area contributed by atoms with Crippen LogP contribution in [-0.2, 0) is 11.2 Å². The van der Waals surface area contributed by atoms with E-state index in [0.717, 1.165) is 29.8 Å². The Labute approximate surface area is 162 Å². The average Bonchev–Trinajstić information content (AvgIpc) is 3.06. The molecule has 2 heterocycles. The highest BCUT2D eigenvalue weighted by atomic mass is 35.5. The molecule has 0 amide bonds. The van der Waals surface area contributed by atoms with Crippen molar-refractivity contribution in [2.45, 2.75) is 25.3 Å². The second-order valence-electron chi connectivity index (χ2n) is 6.23. The first-order valence-corrected chi connectivity index (χ1v) is 9.05. The van der Waals surface area contributed by atoms with Gasteiger partial charge in [-0.15, -0.1) is 0 Å². The summed E-state index contributed by atoms with van der Waals surface area (Å²) >= 11 is 6.43.